The van der Waals surface area contributed by atoms with Crippen LogP contribution in [0.15, 0.2) is 24.3 Å². The van der Waals surface area contributed by atoms with Gasteiger partial charge in [0.25, 0.3) is 5.91 Å². The second-order valence-corrected chi connectivity index (χ2v) is 7.44. The lowest BCUT2D eigenvalue weighted by Crippen LogP contribution is -2.28. The first-order valence-corrected chi connectivity index (χ1v) is 9.44. The molecule has 2 aliphatic rings. The Balaban J connectivity index is 1.26. The third kappa shape index (κ3) is 3.67. The average molecular weight is 373 g/mol. The molecule has 1 aromatic carbocycles. The van der Waals surface area contributed by atoms with Gasteiger partial charge in [-0.2, -0.15) is 0 Å². The van der Waals surface area contributed by atoms with Crippen LogP contribution in [-0.2, 0) is 28.9 Å². The first-order valence-electron chi connectivity index (χ1n) is 8.63. The molecule has 1 N–H and O–H groups in total. The maximum atomic E-state index is 12.1. The van der Waals surface area contributed by atoms with Gasteiger partial charge < -0.3 is 19.5 Å². The summed E-state index contributed by atoms with van der Waals surface area (Å²) in [6.07, 6.45) is 4.39. The highest BCUT2D eigenvalue weighted by molar-refractivity contribution is 7.14. The first-order chi connectivity index (χ1) is 12.7. The number of fused-ring (bicyclic) bond motifs is 2. The Kier molecular flexibility index (Phi) is 4.79. The van der Waals surface area contributed by atoms with E-state index in [-0.39, 0.29) is 19.3 Å². The molecular weight excluding hydrogens is 354 g/mol. The molecular formula is C19H19NO5S. The zero-order chi connectivity index (χ0) is 17.9. The summed E-state index contributed by atoms with van der Waals surface area (Å²) >= 11 is 1.48. The predicted molar refractivity (Wildman–Crippen MR) is 95.7 cm³/mol. The van der Waals surface area contributed by atoms with Crippen LogP contribution < -0.4 is 14.8 Å². The van der Waals surface area contributed by atoms with E-state index in [2.05, 4.69) is 5.32 Å². The van der Waals surface area contributed by atoms with Crippen molar-refractivity contribution < 1.29 is 23.8 Å². The van der Waals surface area contributed by atoms with Crippen molar-refractivity contribution in [2.75, 3.05) is 13.4 Å². The Morgan fingerprint density at radius 2 is 1.96 bits per heavy atom. The van der Waals surface area contributed by atoms with Crippen molar-refractivity contribution in [3.8, 4) is 11.5 Å². The summed E-state index contributed by atoms with van der Waals surface area (Å²) in [6, 6.07) is 7.40. The molecule has 0 fully saturated rings. The standard InChI is InChI=1S/C19H19NO5S/c21-18(20-9-12-5-6-14-15(7-12)25-11-24-14)10-23-19(22)17-8-13-3-1-2-4-16(13)26-17/h5-8H,1-4,9-11H2,(H,20,21). The minimum absolute atomic E-state index is 0.216. The van der Waals surface area contributed by atoms with Gasteiger partial charge in [0.05, 0.1) is 0 Å². The van der Waals surface area contributed by atoms with E-state index >= 15 is 0 Å². The molecule has 0 unspecified atom stereocenters. The number of benzene rings is 1. The number of esters is 1. The number of rotatable bonds is 5. The summed E-state index contributed by atoms with van der Waals surface area (Å²) in [7, 11) is 0. The summed E-state index contributed by atoms with van der Waals surface area (Å²) in [6.45, 7) is 0.263. The van der Waals surface area contributed by atoms with E-state index in [1.54, 1.807) is 0 Å². The molecule has 1 amide bonds. The van der Waals surface area contributed by atoms with Crippen molar-refractivity contribution in [1.29, 1.82) is 0 Å². The van der Waals surface area contributed by atoms with Crippen LogP contribution in [0.5, 0.6) is 11.5 Å². The molecule has 26 heavy (non-hydrogen) atoms. The Morgan fingerprint density at radius 1 is 1.12 bits per heavy atom. The molecule has 0 saturated carbocycles. The summed E-state index contributed by atoms with van der Waals surface area (Å²) in [5, 5.41) is 2.74. The van der Waals surface area contributed by atoms with E-state index in [9.17, 15) is 9.59 Å². The Hall–Kier alpha value is -2.54. The van der Waals surface area contributed by atoms with E-state index in [0.717, 1.165) is 18.4 Å². The van der Waals surface area contributed by atoms with Crippen LogP contribution in [0.2, 0.25) is 0 Å². The second-order valence-electron chi connectivity index (χ2n) is 6.31. The second kappa shape index (κ2) is 7.37. The van der Waals surface area contributed by atoms with Gasteiger partial charge in [0.1, 0.15) is 4.88 Å². The normalized spacial score (nSPS) is 14.6. The van der Waals surface area contributed by atoms with Crippen molar-refractivity contribution in [1.82, 2.24) is 5.32 Å². The molecule has 1 aliphatic carbocycles. The zero-order valence-electron chi connectivity index (χ0n) is 14.2. The number of aryl methyl sites for hydroxylation is 2. The van der Waals surface area contributed by atoms with E-state index in [1.165, 1.54) is 34.6 Å². The van der Waals surface area contributed by atoms with Gasteiger partial charge in [-0.25, -0.2) is 4.79 Å². The zero-order valence-corrected chi connectivity index (χ0v) is 15.0. The first kappa shape index (κ1) is 16.9. The molecule has 136 valence electrons. The van der Waals surface area contributed by atoms with E-state index < -0.39 is 5.97 Å². The highest BCUT2D eigenvalue weighted by Gasteiger charge is 2.19. The van der Waals surface area contributed by atoms with Crippen LogP contribution in [0, 0.1) is 0 Å². The number of amides is 1. The van der Waals surface area contributed by atoms with Gasteiger partial charge in [-0.15, -0.1) is 11.3 Å². The third-order valence-corrected chi connectivity index (χ3v) is 5.68. The fourth-order valence-corrected chi connectivity index (χ4v) is 4.24. The average Bonchev–Trinajstić information content (AvgIpc) is 3.30. The van der Waals surface area contributed by atoms with Gasteiger partial charge in [0, 0.05) is 11.4 Å². The maximum absolute atomic E-state index is 12.1. The van der Waals surface area contributed by atoms with Crippen LogP contribution in [0.3, 0.4) is 0 Å². The topological polar surface area (TPSA) is 73.9 Å². The number of nitrogens with one attached hydrogen (secondary N) is 1. The highest BCUT2D eigenvalue weighted by atomic mass is 32.1. The number of hydrogen-bond acceptors (Lipinski definition) is 6. The molecule has 6 nitrogen and oxygen atoms in total. The van der Waals surface area contributed by atoms with E-state index in [0.29, 0.717) is 22.9 Å². The van der Waals surface area contributed by atoms with Crippen molar-refractivity contribution >= 4 is 23.2 Å². The van der Waals surface area contributed by atoms with Gasteiger partial charge >= 0.3 is 5.97 Å². The molecule has 1 aliphatic heterocycles. The predicted octanol–water partition coefficient (Wildman–Crippen LogP) is 2.83. The molecule has 0 bridgehead atoms. The quantitative estimate of drug-likeness (QED) is 0.816. The Morgan fingerprint density at radius 3 is 2.85 bits per heavy atom. The lowest BCUT2D eigenvalue weighted by molar-refractivity contribution is -0.124. The number of carbonyl (C=O) groups excluding carboxylic acids is 2. The molecule has 0 atom stereocenters. The Labute approximate surface area is 155 Å². The van der Waals surface area contributed by atoms with Crippen molar-refractivity contribution in [3.63, 3.8) is 0 Å². The molecule has 1 aromatic heterocycles. The monoisotopic (exact) mass is 373 g/mol. The van der Waals surface area contributed by atoms with E-state index in [1.807, 2.05) is 24.3 Å². The fourth-order valence-electron chi connectivity index (χ4n) is 3.10. The van der Waals surface area contributed by atoms with Gasteiger partial charge in [0.15, 0.2) is 18.1 Å². The minimum Gasteiger partial charge on any atom is -0.454 e. The van der Waals surface area contributed by atoms with Gasteiger partial charge in [0.2, 0.25) is 6.79 Å². The van der Waals surface area contributed by atoms with Gasteiger partial charge in [-0.1, -0.05) is 6.07 Å². The molecule has 2 heterocycles. The number of hydrogen-bond donors (Lipinski definition) is 1. The maximum Gasteiger partial charge on any atom is 0.348 e. The molecule has 0 radical (unpaired) electrons. The van der Waals surface area contributed by atoms with Gasteiger partial charge in [-0.3, -0.25) is 4.79 Å². The third-order valence-electron chi connectivity index (χ3n) is 4.46. The van der Waals surface area contributed by atoms with Crippen LogP contribution in [0.25, 0.3) is 0 Å². The molecule has 4 rings (SSSR count). The van der Waals surface area contributed by atoms with Crippen molar-refractivity contribution in [2.45, 2.75) is 32.2 Å². The van der Waals surface area contributed by atoms with Crippen LogP contribution in [-0.4, -0.2) is 25.3 Å². The van der Waals surface area contributed by atoms with E-state index in [4.69, 9.17) is 14.2 Å². The number of ether oxygens (including phenoxy) is 3. The largest absolute Gasteiger partial charge is 0.454 e. The minimum atomic E-state index is -0.428. The SMILES string of the molecule is O=C(COC(=O)c1cc2c(s1)CCCC2)NCc1ccc2c(c1)OCO2. The number of carbonyl (C=O) groups is 2. The van der Waals surface area contributed by atoms with Gasteiger partial charge in [-0.05, 0) is 55.0 Å². The molecule has 7 heteroatoms. The summed E-state index contributed by atoms with van der Waals surface area (Å²) in [5.41, 5.74) is 2.14. The van der Waals surface area contributed by atoms with Crippen LogP contribution in [0.4, 0.5) is 0 Å². The smallest absolute Gasteiger partial charge is 0.348 e. The highest BCUT2D eigenvalue weighted by Crippen LogP contribution is 2.32. The molecule has 2 aromatic rings. The summed E-state index contributed by atoms with van der Waals surface area (Å²) < 4.78 is 15.7. The van der Waals surface area contributed by atoms with Crippen LogP contribution in [0.1, 0.15) is 38.5 Å². The fraction of sp³-hybridized carbons (Fsp3) is 0.368. The molecule has 0 spiro atoms. The number of thiophene rings is 1. The van der Waals surface area contributed by atoms with Crippen molar-refractivity contribution in [3.05, 3.63) is 45.1 Å². The lowest BCUT2D eigenvalue weighted by Gasteiger charge is -2.08. The van der Waals surface area contributed by atoms with Crippen molar-refractivity contribution in [2.24, 2.45) is 0 Å². The summed E-state index contributed by atoms with van der Waals surface area (Å²) in [5.74, 6) is 0.609. The molecule has 0 saturated heterocycles. The Bertz CT molecular complexity index is 821. The van der Waals surface area contributed by atoms with Crippen LogP contribution >= 0.6 is 11.3 Å². The lowest BCUT2D eigenvalue weighted by atomic mass is 9.99. The summed E-state index contributed by atoms with van der Waals surface area (Å²) in [4.78, 5) is 25.9.